The second-order valence-corrected chi connectivity index (χ2v) is 13.7. The van der Waals surface area contributed by atoms with Crippen molar-refractivity contribution in [3.63, 3.8) is 0 Å². The molecule has 2 aromatic rings. The summed E-state index contributed by atoms with van der Waals surface area (Å²) in [4.78, 5) is 39.0. The van der Waals surface area contributed by atoms with Crippen LogP contribution in [0.1, 0.15) is 109 Å². The maximum atomic E-state index is 14.3. The number of rotatable bonds is 11. The average Bonchev–Trinajstić information content (AvgIpc) is 2.99. The molecule has 7 atom stereocenters. The maximum absolute atomic E-state index is 14.3. The van der Waals surface area contributed by atoms with Crippen LogP contribution < -0.4 is 11.3 Å². The zero-order valence-electron chi connectivity index (χ0n) is 25.7. The minimum absolute atomic E-state index is 0.0668. The third-order valence-corrected chi connectivity index (χ3v) is 10.8. The number of hydrogen-bond acceptors (Lipinski definition) is 7. The summed E-state index contributed by atoms with van der Waals surface area (Å²) in [5.41, 5.74) is 7.46. The van der Waals surface area contributed by atoms with Crippen molar-refractivity contribution in [3.8, 4) is 0 Å². The Kier molecular flexibility index (Phi) is 9.48. The molecular formula is C34H49N5O4. The van der Waals surface area contributed by atoms with E-state index in [9.17, 15) is 14.7 Å². The van der Waals surface area contributed by atoms with Crippen LogP contribution in [0.2, 0.25) is 0 Å². The first-order valence-electron chi connectivity index (χ1n) is 16.8. The highest BCUT2D eigenvalue weighted by molar-refractivity contribution is 6.00. The Hall–Kier alpha value is -2.78. The molecule has 2 saturated heterocycles. The standard InChI is InChI=1S/C34H49N5O4/c1-2-22-15-23-17-24(16-22)19-27(18-23)38-25-7-5-8-26(38)21-28(20-25)39-31-10-4-3-9-29(31)36-33(34(39)42)30(11-12-32(40)41)37-43-14-6-13-35/h3-4,9-10,22-28H,2,5-8,11-21,35H2,1H3,(H,40,41)/b37-30+/t22?,23-,24?,25+,26?,27?,28?/m0/s1. The summed E-state index contributed by atoms with van der Waals surface area (Å²) in [6, 6.07) is 9.55. The molecule has 3 heterocycles. The number of carboxylic acid groups (broad SMARTS) is 1. The van der Waals surface area contributed by atoms with Crippen molar-refractivity contribution in [1.82, 2.24) is 14.5 Å². The lowest BCUT2D eigenvalue weighted by atomic mass is 9.64. The van der Waals surface area contributed by atoms with Gasteiger partial charge in [0, 0.05) is 30.6 Å². The first-order chi connectivity index (χ1) is 20.9. The predicted octanol–water partition coefficient (Wildman–Crippen LogP) is 5.49. The van der Waals surface area contributed by atoms with Gasteiger partial charge in [-0.2, -0.15) is 0 Å². The van der Waals surface area contributed by atoms with Gasteiger partial charge in [-0.3, -0.25) is 14.5 Å². The molecule has 2 aliphatic carbocycles. The lowest BCUT2D eigenvalue weighted by Crippen LogP contribution is -2.59. The molecule has 43 heavy (non-hydrogen) atoms. The Morgan fingerprint density at radius 3 is 2.40 bits per heavy atom. The quantitative estimate of drug-likeness (QED) is 0.201. The molecule has 1 aromatic heterocycles. The van der Waals surface area contributed by atoms with Crippen molar-refractivity contribution in [2.24, 2.45) is 28.6 Å². The normalized spacial score (nSPS) is 31.2. The smallest absolute Gasteiger partial charge is 0.303 e. The Labute approximate surface area is 254 Å². The third kappa shape index (κ3) is 6.53. The fraction of sp³-hybridized carbons (Fsp3) is 0.706. The van der Waals surface area contributed by atoms with Crippen LogP contribution in [0.3, 0.4) is 0 Å². The molecule has 2 saturated carbocycles. The largest absolute Gasteiger partial charge is 0.481 e. The number of benzene rings is 1. The van der Waals surface area contributed by atoms with Gasteiger partial charge in [-0.15, -0.1) is 0 Å². The molecule has 9 heteroatoms. The summed E-state index contributed by atoms with van der Waals surface area (Å²) in [6.07, 6.45) is 14.4. The molecule has 0 amide bonds. The number of fused-ring (bicyclic) bond motifs is 5. The summed E-state index contributed by atoms with van der Waals surface area (Å²) in [6.45, 7) is 3.13. The Morgan fingerprint density at radius 2 is 1.72 bits per heavy atom. The minimum atomic E-state index is -0.951. The van der Waals surface area contributed by atoms with Crippen LogP contribution >= 0.6 is 0 Å². The van der Waals surface area contributed by atoms with Gasteiger partial charge in [-0.25, -0.2) is 4.98 Å². The second-order valence-electron chi connectivity index (χ2n) is 13.7. The van der Waals surface area contributed by atoms with Gasteiger partial charge in [-0.1, -0.05) is 37.1 Å². The topological polar surface area (TPSA) is 123 Å². The van der Waals surface area contributed by atoms with E-state index >= 15 is 0 Å². The number of carboxylic acids is 1. The maximum Gasteiger partial charge on any atom is 0.303 e. The highest BCUT2D eigenvalue weighted by atomic mass is 16.6. The first kappa shape index (κ1) is 30.3. The van der Waals surface area contributed by atoms with E-state index in [0.29, 0.717) is 43.4 Å². The monoisotopic (exact) mass is 591 g/mol. The summed E-state index contributed by atoms with van der Waals surface area (Å²) >= 11 is 0. The molecule has 234 valence electrons. The van der Waals surface area contributed by atoms with E-state index in [-0.39, 0.29) is 30.1 Å². The number of para-hydroxylation sites is 2. The number of aromatic nitrogens is 2. The van der Waals surface area contributed by atoms with Gasteiger partial charge in [0.2, 0.25) is 0 Å². The summed E-state index contributed by atoms with van der Waals surface area (Å²) < 4.78 is 1.97. The number of aliphatic carboxylic acids is 1. The van der Waals surface area contributed by atoms with Gasteiger partial charge in [-0.05, 0) is 101 Å². The van der Waals surface area contributed by atoms with E-state index in [1.807, 2.05) is 28.8 Å². The van der Waals surface area contributed by atoms with Crippen molar-refractivity contribution in [2.75, 3.05) is 13.2 Å². The lowest BCUT2D eigenvalue weighted by molar-refractivity contribution is -0.136. The van der Waals surface area contributed by atoms with E-state index in [2.05, 4.69) is 17.0 Å². The molecule has 2 aliphatic heterocycles. The first-order valence-corrected chi connectivity index (χ1v) is 16.8. The van der Waals surface area contributed by atoms with Crippen LogP contribution in [0.15, 0.2) is 34.2 Å². The fourth-order valence-electron chi connectivity index (χ4n) is 9.14. The Morgan fingerprint density at radius 1 is 1.00 bits per heavy atom. The average molecular weight is 592 g/mol. The molecule has 4 fully saturated rings. The molecule has 3 N–H and O–H groups in total. The Bertz CT molecular complexity index is 1350. The van der Waals surface area contributed by atoms with Crippen LogP contribution in [0.25, 0.3) is 11.0 Å². The zero-order chi connectivity index (χ0) is 29.9. The molecule has 5 unspecified atom stereocenters. The van der Waals surface area contributed by atoms with E-state index in [1.54, 1.807) is 0 Å². The van der Waals surface area contributed by atoms with E-state index < -0.39 is 5.97 Å². The summed E-state index contributed by atoms with van der Waals surface area (Å²) in [7, 11) is 0. The molecule has 1 aromatic carbocycles. The number of nitrogens with two attached hydrogens (primary N) is 1. The molecule has 4 aliphatic rings. The van der Waals surface area contributed by atoms with Crippen molar-refractivity contribution >= 4 is 22.7 Å². The fourth-order valence-corrected chi connectivity index (χ4v) is 9.14. The molecule has 9 nitrogen and oxygen atoms in total. The highest BCUT2D eigenvalue weighted by Crippen LogP contribution is 2.49. The molecular weight excluding hydrogens is 542 g/mol. The van der Waals surface area contributed by atoms with Gasteiger partial charge in [0.15, 0.2) is 5.69 Å². The third-order valence-electron chi connectivity index (χ3n) is 10.8. The van der Waals surface area contributed by atoms with Crippen LogP contribution in [0, 0.1) is 17.8 Å². The van der Waals surface area contributed by atoms with E-state index in [4.69, 9.17) is 15.6 Å². The van der Waals surface area contributed by atoms with E-state index in [1.165, 1.54) is 57.8 Å². The molecule has 0 spiro atoms. The van der Waals surface area contributed by atoms with Crippen molar-refractivity contribution in [1.29, 1.82) is 0 Å². The van der Waals surface area contributed by atoms with Gasteiger partial charge in [0.05, 0.1) is 17.5 Å². The van der Waals surface area contributed by atoms with Gasteiger partial charge in [0.25, 0.3) is 5.56 Å². The van der Waals surface area contributed by atoms with Crippen LogP contribution in [-0.4, -0.2) is 62.5 Å². The second kappa shape index (κ2) is 13.5. The predicted molar refractivity (Wildman–Crippen MR) is 168 cm³/mol. The van der Waals surface area contributed by atoms with Crippen molar-refractivity contribution in [2.45, 2.75) is 121 Å². The van der Waals surface area contributed by atoms with Crippen molar-refractivity contribution in [3.05, 3.63) is 40.3 Å². The minimum Gasteiger partial charge on any atom is -0.481 e. The van der Waals surface area contributed by atoms with Crippen molar-refractivity contribution < 1.29 is 14.7 Å². The highest BCUT2D eigenvalue weighted by Gasteiger charge is 2.46. The van der Waals surface area contributed by atoms with Crippen LogP contribution in [0.5, 0.6) is 0 Å². The Balaban J connectivity index is 1.31. The SMILES string of the molecule is CCC1CC2CC(N3C4CCC[C@@H]3CC(n3c(=O)c(/C(CCC(=O)O)=N/OCCCN)nc5ccccc53)C4)C[C@@H](C1)C2. The summed E-state index contributed by atoms with van der Waals surface area (Å²) in [5, 5.41) is 13.6. The van der Waals surface area contributed by atoms with Gasteiger partial charge < -0.3 is 20.2 Å². The molecule has 4 bridgehead atoms. The number of hydrogen-bond donors (Lipinski definition) is 2. The lowest BCUT2D eigenvalue weighted by Gasteiger charge is -2.56. The van der Waals surface area contributed by atoms with Crippen LogP contribution in [0.4, 0.5) is 0 Å². The molecule has 6 rings (SSSR count). The van der Waals surface area contributed by atoms with E-state index in [0.717, 1.165) is 41.6 Å². The molecule has 0 radical (unpaired) electrons. The number of nitrogens with zero attached hydrogens (tertiary/aromatic N) is 4. The zero-order valence-corrected chi connectivity index (χ0v) is 25.7. The van der Waals surface area contributed by atoms with Crippen LogP contribution in [-0.2, 0) is 9.63 Å². The number of piperidine rings is 2. The van der Waals surface area contributed by atoms with Gasteiger partial charge >= 0.3 is 5.97 Å². The summed E-state index contributed by atoms with van der Waals surface area (Å²) in [5.74, 6) is 1.73. The van der Waals surface area contributed by atoms with Gasteiger partial charge in [0.1, 0.15) is 12.3 Å². The number of oxime groups is 1. The number of carbonyl (C=O) groups is 1.